The first-order valence-corrected chi connectivity index (χ1v) is 8.24. The van der Waals surface area contributed by atoms with Gasteiger partial charge < -0.3 is 20.1 Å². The molecule has 2 N–H and O–H groups in total. The second-order valence-corrected chi connectivity index (χ2v) is 5.69. The van der Waals surface area contributed by atoms with Gasteiger partial charge in [-0.2, -0.15) is 0 Å². The summed E-state index contributed by atoms with van der Waals surface area (Å²) in [6.45, 7) is 3.46. The van der Waals surface area contributed by atoms with E-state index in [-0.39, 0.29) is 24.5 Å². The van der Waals surface area contributed by atoms with Crippen LogP contribution in [0.1, 0.15) is 30.6 Å². The molecule has 0 radical (unpaired) electrons. The van der Waals surface area contributed by atoms with Crippen molar-refractivity contribution in [3.05, 3.63) is 46.1 Å². The molecule has 1 heterocycles. The van der Waals surface area contributed by atoms with E-state index in [1.807, 2.05) is 6.92 Å². The standard InChI is InChI=1S/C17H19ClN2O5/c1-3-12-14(16(22)24-4-2)13(20-17(23)19-12)9-25-15(21)10-5-7-11(18)8-6-10/h5-8,12H,3-4,9H2,1-2H3,(H2,19,20,23)/t12-/m0/s1. The van der Waals surface area contributed by atoms with E-state index in [1.165, 1.54) is 12.1 Å². The van der Waals surface area contributed by atoms with Crippen molar-refractivity contribution in [3.63, 3.8) is 0 Å². The summed E-state index contributed by atoms with van der Waals surface area (Å²) in [4.78, 5) is 36.1. The molecule has 1 atom stereocenters. The maximum atomic E-state index is 12.2. The van der Waals surface area contributed by atoms with Gasteiger partial charge in [-0.25, -0.2) is 14.4 Å². The van der Waals surface area contributed by atoms with Crippen LogP contribution in [0.2, 0.25) is 5.02 Å². The number of carbonyl (C=O) groups excluding carboxylic acids is 3. The highest BCUT2D eigenvalue weighted by Gasteiger charge is 2.32. The molecule has 134 valence electrons. The number of nitrogens with one attached hydrogen (secondary N) is 2. The Morgan fingerprint density at radius 2 is 1.80 bits per heavy atom. The fourth-order valence-corrected chi connectivity index (χ4v) is 2.51. The Labute approximate surface area is 150 Å². The van der Waals surface area contributed by atoms with E-state index >= 15 is 0 Å². The fraction of sp³-hybridized carbons (Fsp3) is 0.353. The van der Waals surface area contributed by atoms with E-state index in [1.54, 1.807) is 19.1 Å². The van der Waals surface area contributed by atoms with Crippen LogP contribution in [-0.4, -0.2) is 37.2 Å². The van der Waals surface area contributed by atoms with Crippen LogP contribution in [0, 0.1) is 0 Å². The molecule has 0 saturated heterocycles. The average molecular weight is 367 g/mol. The number of benzene rings is 1. The molecule has 0 aliphatic carbocycles. The predicted molar refractivity (Wildman–Crippen MR) is 91.1 cm³/mol. The van der Waals surface area contributed by atoms with Gasteiger partial charge in [-0.15, -0.1) is 0 Å². The zero-order valence-corrected chi connectivity index (χ0v) is 14.7. The number of ether oxygens (including phenoxy) is 2. The maximum Gasteiger partial charge on any atom is 0.338 e. The number of urea groups is 1. The topological polar surface area (TPSA) is 93.7 Å². The van der Waals surface area contributed by atoms with Crippen LogP contribution in [0.25, 0.3) is 0 Å². The highest BCUT2D eigenvalue weighted by atomic mass is 35.5. The van der Waals surface area contributed by atoms with E-state index in [0.717, 1.165) is 0 Å². The average Bonchev–Trinajstić information content (AvgIpc) is 2.59. The molecule has 0 fully saturated rings. The summed E-state index contributed by atoms with van der Waals surface area (Å²) in [5.41, 5.74) is 0.791. The first-order chi connectivity index (χ1) is 12.0. The molecule has 0 aromatic heterocycles. The smallest absolute Gasteiger partial charge is 0.338 e. The van der Waals surface area contributed by atoms with Crippen LogP contribution in [0.15, 0.2) is 35.5 Å². The van der Waals surface area contributed by atoms with Crippen molar-refractivity contribution in [1.29, 1.82) is 0 Å². The van der Waals surface area contributed by atoms with Crippen molar-refractivity contribution in [2.45, 2.75) is 26.3 Å². The molecule has 0 spiro atoms. The molecule has 8 heteroatoms. The van der Waals surface area contributed by atoms with Crippen molar-refractivity contribution in [2.24, 2.45) is 0 Å². The molecule has 2 rings (SSSR count). The minimum atomic E-state index is -0.590. The molecule has 0 bridgehead atoms. The lowest BCUT2D eigenvalue weighted by molar-refractivity contribution is -0.139. The second kappa shape index (κ2) is 8.53. The Kier molecular flexibility index (Phi) is 6.41. The van der Waals surface area contributed by atoms with E-state index in [4.69, 9.17) is 21.1 Å². The molecule has 7 nitrogen and oxygen atoms in total. The largest absolute Gasteiger partial charge is 0.463 e. The van der Waals surface area contributed by atoms with E-state index in [0.29, 0.717) is 17.0 Å². The Balaban J connectivity index is 2.19. The summed E-state index contributed by atoms with van der Waals surface area (Å²) < 4.78 is 10.3. The van der Waals surface area contributed by atoms with E-state index < -0.39 is 24.0 Å². The predicted octanol–water partition coefficient (Wildman–Crippen LogP) is 2.41. The highest BCUT2D eigenvalue weighted by molar-refractivity contribution is 6.30. The number of halogens is 1. The minimum absolute atomic E-state index is 0.199. The summed E-state index contributed by atoms with van der Waals surface area (Å²) in [6.07, 6.45) is 0.496. The third-order valence-electron chi connectivity index (χ3n) is 3.57. The zero-order valence-electron chi connectivity index (χ0n) is 13.9. The first-order valence-electron chi connectivity index (χ1n) is 7.86. The summed E-state index contributed by atoms with van der Waals surface area (Å²) >= 11 is 5.78. The van der Waals surface area contributed by atoms with Gasteiger partial charge in [0.2, 0.25) is 0 Å². The summed E-state index contributed by atoms with van der Waals surface area (Å²) in [6, 6.07) is 5.24. The molecule has 1 aliphatic heterocycles. The molecule has 1 aromatic carbocycles. The molecule has 2 amide bonds. The number of esters is 2. The number of rotatable bonds is 6. The third kappa shape index (κ3) is 4.73. The molecule has 25 heavy (non-hydrogen) atoms. The van der Waals surface area contributed by atoms with Crippen LogP contribution in [0.5, 0.6) is 0 Å². The Morgan fingerprint density at radius 3 is 2.40 bits per heavy atom. The van der Waals surface area contributed by atoms with E-state index in [9.17, 15) is 14.4 Å². The second-order valence-electron chi connectivity index (χ2n) is 5.26. The van der Waals surface area contributed by atoms with E-state index in [2.05, 4.69) is 10.6 Å². The molecule has 1 aliphatic rings. The molecule has 0 saturated carbocycles. The van der Waals surface area contributed by atoms with Crippen molar-refractivity contribution < 1.29 is 23.9 Å². The molecular weight excluding hydrogens is 348 g/mol. The lowest BCUT2D eigenvalue weighted by Gasteiger charge is -2.28. The number of amides is 2. The van der Waals surface area contributed by atoms with Crippen LogP contribution in [-0.2, 0) is 14.3 Å². The van der Waals surface area contributed by atoms with Gasteiger partial charge >= 0.3 is 18.0 Å². The quantitative estimate of drug-likeness (QED) is 0.754. The lowest BCUT2D eigenvalue weighted by atomic mass is 10.0. The van der Waals surface area contributed by atoms with Gasteiger partial charge in [-0.3, -0.25) is 0 Å². The first kappa shape index (κ1) is 18.8. The Morgan fingerprint density at radius 1 is 1.12 bits per heavy atom. The molecular formula is C17H19ClN2O5. The summed E-state index contributed by atoms with van der Waals surface area (Å²) in [5.74, 6) is -1.15. The number of hydrogen-bond donors (Lipinski definition) is 2. The van der Waals surface area contributed by atoms with Gasteiger partial charge in [0.1, 0.15) is 6.61 Å². The third-order valence-corrected chi connectivity index (χ3v) is 3.83. The van der Waals surface area contributed by atoms with Gasteiger partial charge in [0.25, 0.3) is 0 Å². The van der Waals surface area contributed by atoms with Crippen LogP contribution < -0.4 is 10.6 Å². The van der Waals surface area contributed by atoms with Gasteiger partial charge in [0, 0.05) is 5.02 Å². The van der Waals surface area contributed by atoms with Gasteiger partial charge in [-0.1, -0.05) is 18.5 Å². The van der Waals surface area contributed by atoms with Crippen LogP contribution in [0.3, 0.4) is 0 Å². The monoisotopic (exact) mass is 366 g/mol. The minimum Gasteiger partial charge on any atom is -0.463 e. The number of hydrogen-bond acceptors (Lipinski definition) is 5. The normalized spacial score (nSPS) is 16.8. The molecule has 1 aromatic rings. The summed E-state index contributed by atoms with van der Waals surface area (Å²) in [7, 11) is 0. The number of carbonyl (C=O) groups is 3. The SMILES string of the molecule is CCOC(=O)C1=C(COC(=O)c2ccc(Cl)cc2)NC(=O)N[C@H]1CC. The van der Waals surface area contributed by atoms with Crippen LogP contribution >= 0.6 is 11.6 Å². The van der Waals surface area contributed by atoms with Crippen molar-refractivity contribution in [3.8, 4) is 0 Å². The van der Waals surface area contributed by atoms with Crippen molar-refractivity contribution in [1.82, 2.24) is 10.6 Å². The van der Waals surface area contributed by atoms with Gasteiger partial charge in [0.05, 0.1) is 29.5 Å². The maximum absolute atomic E-state index is 12.2. The Bertz CT molecular complexity index is 699. The Hall–Kier alpha value is -2.54. The lowest BCUT2D eigenvalue weighted by Crippen LogP contribution is -2.51. The van der Waals surface area contributed by atoms with Crippen molar-refractivity contribution >= 4 is 29.6 Å². The van der Waals surface area contributed by atoms with Gasteiger partial charge in [-0.05, 0) is 37.6 Å². The van der Waals surface area contributed by atoms with Crippen molar-refractivity contribution in [2.75, 3.05) is 13.2 Å². The van der Waals surface area contributed by atoms with Gasteiger partial charge in [0.15, 0.2) is 0 Å². The zero-order chi connectivity index (χ0) is 18.4. The molecule has 0 unspecified atom stereocenters. The summed E-state index contributed by atoms with van der Waals surface area (Å²) in [5, 5.41) is 5.66. The fourth-order valence-electron chi connectivity index (χ4n) is 2.38. The highest BCUT2D eigenvalue weighted by Crippen LogP contribution is 2.18. The van der Waals surface area contributed by atoms with Crippen LogP contribution in [0.4, 0.5) is 4.79 Å².